The van der Waals surface area contributed by atoms with Crippen LogP contribution in [0.15, 0.2) is 0 Å². The van der Waals surface area contributed by atoms with Crippen LogP contribution < -0.4 is 0 Å². The molecule has 0 aromatic carbocycles. The number of halogens is 1. The molecule has 0 atom stereocenters. The highest BCUT2D eigenvalue weighted by Gasteiger charge is 1.81. The van der Waals surface area contributed by atoms with E-state index < -0.39 is 0 Å². The minimum absolute atomic E-state index is 0.250. The van der Waals surface area contributed by atoms with Gasteiger partial charge in [0, 0.05) is 11.9 Å². The molecule has 1 N–H and O–H groups in total. The van der Waals surface area contributed by atoms with Crippen LogP contribution in [0, 0.1) is 5.92 Å². The van der Waals surface area contributed by atoms with Crippen LogP contribution in [0.3, 0.4) is 0 Å². The summed E-state index contributed by atoms with van der Waals surface area (Å²) in [4.78, 5) is 0. The first-order valence-electron chi connectivity index (χ1n) is 2.85. The quantitative estimate of drug-likeness (QED) is 0.616. The molecule has 0 saturated heterocycles. The van der Waals surface area contributed by atoms with E-state index in [9.17, 15) is 0 Å². The normalized spacial score (nSPS) is 8.25. The summed E-state index contributed by atoms with van der Waals surface area (Å²) < 4.78 is 0. The maximum atomic E-state index is 7.57. The zero-order chi connectivity index (χ0) is 6.99. The third-order valence-electron chi connectivity index (χ3n) is 0.309. The van der Waals surface area contributed by atoms with Crippen molar-refractivity contribution in [1.82, 2.24) is 0 Å². The van der Waals surface area contributed by atoms with Gasteiger partial charge in [-0.1, -0.05) is 29.8 Å². The number of rotatable bonds is 1. The van der Waals surface area contributed by atoms with Crippen LogP contribution in [0.2, 0.25) is 0 Å². The third kappa shape index (κ3) is 32.0. The second-order valence-corrected chi connectivity index (χ2v) is 2.51. The minimum atomic E-state index is 0.250. The zero-order valence-electron chi connectivity index (χ0n) is 5.82. The van der Waals surface area contributed by atoms with Crippen molar-refractivity contribution in [2.75, 3.05) is 11.9 Å². The van der Waals surface area contributed by atoms with Gasteiger partial charge in [-0.3, -0.25) is 0 Å². The lowest BCUT2D eigenvalue weighted by Crippen LogP contribution is -1.82. The van der Waals surface area contributed by atoms with Crippen molar-refractivity contribution in [1.29, 1.82) is 0 Å². The van der Waals surface area contributed by atoms with Gasteiger partial charge < -0.3 is 5.11 Å². The molecule has 0 saturated carbocycles. The van der Waals surface area contributed by atoms with Crippen molar-refractivity contribution in [3.05, 3.63) is 0 Å². The van der Waals surface area contributed by atoms with Gasteiger partial charge in [0.2, 0.25) is 0 Å². The van der Waals surface area contributed by atoms with Gasteiger partial charge in [0.15, 0.2) is 0 Å². The van der Waals surface area contributed by atoms with E-state index in [0.29, 0.717) is 0 Å². The Hall–Kier alpha value is 0.440. The Balaban J connectivity index is 0. The summed E-state index contributed by atoms with van der Waals surface area (Å²) in [6.45, 7) is 6.28. The molecule has 0 aliphatic rings. The summed E-state index contributed by atoms with van der Waals surface area (Å²) in [7, 11) is 0. The fraction of sp³-hybridized carbons (Fsp3) is 1.00. The molecule has 0 bridgehead atoms. The molecule has 52 valence electrons. The molecule has 2 heteroatoms. The molecule has 1 nitrogen and oxygen atoms in total. The second-order valence-electron chi connectivity index (χ2n) is 1.86. The van der Waals surface area contributed by atoms with Crippen molar-refractivity contribution in [2.24, 2.45) is 5.92 Å². The van der Waals surface area contributed by atoms with Gasteiger partial charge in [-0.05, 0) is 12.8 Å². The molecular weight excluding hydrogens is 168 g/mol. The van der Waals surface area contributed by atoms with E-state index >= 15 is 0 Å². The van der Waals surface area contributed by atoms with Crippen LogP contribution in [0.4, 0.5) is 0 Å². The van der Waals surface area contributed by atoms with Crippen LogP contribution in [0.25, 0.3) is 0 Å². The highest BCUT2D eigenvalue weighted by atomic mass is 79.9. The molecule has 8 heavy (non-hydrogen) atoms. The Morgan fingerprint density at radius 3 is 1.62 bits per heavy atom. The predicted octanol–water partition coefficient (Wildman–Crippen LogP) is 2.04. The number of hydrogen-bond acceptors (Lipinski definition) is 1. The van der Waals surface area contributed by atoms with E-state index in [2.05, 4.69) is 29.8 Å². The van der Waals surface area contributed by atoms with Crippen LogP contribution in [-0.2, 0) is 0 Å². The first-order chi connectivity index (χ1) is 3.68. The van der Waals surface area contributed by atoms with Gasteiger partial charge in [-0.15, -0.1) is 0 Å². The molecule has 0 aromatic heterocycles. The Labute approximate surface area is 60.2 Å². The average molecular weight is 183 g/mol. The molecule has 0 aliphatic carbocycles. The molecule has 0 unspecified atom stereocenters. The van der Waals surface area contributed by atoms with Crippen LogP contribution in [-0.4, -0.2) is 17.0 Å². The Morgan fingerprint density at radius 1 is 1.50 bits per heavy atom. The monoisotopic (exact) mass is 182 g/mol. The Bertz CT molecular complexity index is 29.7. The topological polar surface area (TPSA) is 20.2 Å². The molecule has 0 spiro atoms. The molecule has 0 rings (SSSR count). The Kier molecular flexibility index (Phi) is 14.7. The van der Waals surface area contributed by atoms with E-state index in [-0.39, 0.29) is 6.61 Å². The number of aliphatic hydroxyl groups is 1. The predicted molar refractivity (Wildman–Crippen MR) is 41.4 cm³/mol. The fourth-order valence-electron chi connectivity index (χ4n) is 0. The van der Waals surface area contributed by atoms with Gasteiger partial charge in [0.25, 0.3) is 0 Å². The van der Waals surface area contributed by atoms with Crippen molar-refractivity contribution in [3.8, 4) is 0 Å². The van der Waals surface area contributed by atoms with Crippen molar-refractivity contribution in [3.63, 3.8) is 0 Å². The van der Waals surface area contributed by atoms with E-state index in [0.717, 1.165) is 11.2 Å². The minimum Gasteiger partial charge on any atom is -0.397 e. The molecule has 0 fully saturated rings. The third-order valence-corrected chi connectivity index (χ3v) is 1.60. The second kappa shape index (κ2) is 10.4. The molecule has 0 aromatic rings. The van der Waals surface area contributed by atoms with Crippen LogP contribution in [0.5, 0.6) is 0 Å². The van der Waals surface area contributed by atoms with Crippen molar-refractivity contribution in [2.45, 2.75) is 20.8 Å². The molecule has 0 heterocycles. The van der Waals surface area contributed by atoms with Crippen molar-refractivity contribution < 1.29 is 5.11 Å². The first kappa shape index (κ1) is 11.3. The number of hydrogen-bond donors (Lipinski definition) is 1. The van der Waals surface area contributed by atoms with Gasteiger partial charge in [0.1, 0.15) is 0 Å². The summed E-state index contributed by atoms with van der Waals surface area (Å²) in [6.07, 6.45) is 0. The van der Waals surface area contributed by atoms with Gasteiger partial charge in [-0.25, -0.2) is 0 Å². The molecule has 0 amide bonds. The Morgan fingerprint density at radius 2 is 1.62 bits per heavy atom. The lowest BCUT2D eigenvalue weighted by molar-refractivity contribution is 0.318. The first-order valence-corrected chi connectivity index (χ1v) is 3.98. The molecule has 0 radical (unpaired) electrons. The van der Waals surface area contributed by atoms with Crippen LogP contribution >= 0.6 is 15.9 Å². The summed E-state index contributed by atoms with van der Waals surface area (Å²) in [5, 5.41) is 8.69. The lowest BCUT2D eigenvalue weighted by atomic mass is 10.3. The summed E-state index contributed by atoms with van der Waals surface area (Å²) in [6, 6.07) is 0. The summed E-state index contributed by atoms with van der Waals surface area (Å²) >= 11 is 3.31. The van der Waals surface area contributed by atoms with E-state index in [1.165, 1.54) is 0 Å². The highest BCUT2D eigenvalue weighted by Crippen LogP contribution is 1.94. The van der Waals surface area contributed by atoms with Crippen LogP contribution in [0.1, 0.15) is 20.8 Å². The van der Waals surface area contributed by atoms with E-state index in [1.807, 2.05) is 0 Å². The largest absolute Gasteiger partial charge is 0.397 e. The zero-order valence-corrected chi connectivity index (χ0v) is 7.40. The smallest absolute Gasteiger partial charge is 0.0402 e. The summed E-state index contributed by atoms with van der Waals surface area (Å²) in [5.41, 5.74) is 0. The average Bonchev–Trinajstić information content (AvgIpc) is 1.69. The van der Waals surface area contributed by atoms with E-state index in [4.69, 9.17) is 5.11 Å². The number of aliphatic hydroxyl groups excluding tert-OH is 1. The van der Waals surface area contributed by atoms with Crippen molar-refractivity contribution >= 4 is 15.9 Å². The standard InChI is InChI=1S/C4H9Br.C2H6O/c1-4(2)3-5;1-2-3/h4H,3H2,1-2H3;3H,2H2,1H3. The molecular formula is C6H15BrO. The lowest BCUT2D eigenvalue weighted by Gasteiger charge is -1.88. The van der Waals surface area contributed by atoms with Gasteiger partial charge in [-0.2, -0.15) is 0 Å². The van der Waals surface area contributed by atoms with E-state index in [1.54, 1.807) is 6.92 Å². The fourth-order valence-corrected chi connectivity index (χ4v) is 0. The highest BCUT2D eigenvalue weighted by molar-refractivity contribution is 9.09. The number of alkyl halides is 1. The van der Waals surface area contributed by atoms with Gasteiger partial charge in [0.05, 0.1) is 0 Å². The maximum absolute atomic E-state index is 7.57. The summed E-state index contributed by atoms with van der Waals surface area (Å²) in [5.74, 6) is 0.801. The maximum Gasteiger partial charge on any atom is 0.0402 e. The molecule has 0 aliphatic heterocycles. The SMILES string of the molecule is CC(C)CBr.CCO. The van der Waals surface area contributed by atoms with Gasteiger partial charge >= 0.3 is 0 Å².